The summed E-state index contributed by atoms with van der Waals surface area (Å²) in [6.07, 6.45) is 2.39. The summed E-state index contributed by atoms with van der Waals surface area (Å²) in [4.78, 5) is 25.5. The fourth-order valence-electron chi connectivity index (χ4n) is 2.98. The van der Waals surface area contributed by atoms with Crippen LogP contribution in [0.4, 0.5) is 10.5 Å². The van der Waals surface area contributed by atoms with Crippen molar-refractivity contribution in [1.29, 1.82) is 0 Å². The molecule has 1 aliphatic heterocycles. The monoisotopic (exact) mass is 318 g/mol. The standard InChI is InChI=1S/C18H26N2O3/c1-13-7-5-8-14(12-21)16(13)20-10-6-9-15(11-20)19-17(22)23-18(2,3)4/h5,7-8,12,15H,6,9-11H2,1-4H3,(H,19,22)/t15-/m1/s1. The van der Waals surface area contributed by atoms with Gasteiger partial charge >= 0.3 is 6.09 Å². The number of nitrogens with zero attached hydrogens (tertiary/aromatic N) is 1. The van der Waals surface area contributed by atoms with Crippen LogP contribution in [0.2, 0.25) is 0 Å². The van der Waals surface area contributed by atoms with Gasteiger partial charge in [0.25, 0.3) is 0 Å². The largest absolute Gasteiger partial charge is 0.444 e. The van der Waals surface area contributed by atoms with Crippen LogP contribution in [0, 0.1) is 6.92 Å². The summed E-state index contributed by atoms with van der Waals surface area (Å²) in [7, 11) is 0. The molecule has 0 aliphatic carbocycles. The van der Waals surface area contributed by atoms with E-state index in [1.807, 2.05) is 45.9 Å². The molecule has 0 spiro atoms. The van der Waals surface area contributed by atoms with Crippen molar-refractivity contribution in [1.82, 2.24) is 5.32 Å². The summed E-state index contributed by atoms with van der Waals surface area (Å²) in [5.74, 6) is 0. The molecular formula is C18H26N2O3. The first-order valence-corrected chi connectivity index (χ1v) is 8.09. The zero-order valence-corrected chi connectivity index (χ0v) is 14.4. The molecule has 126 valence electrons. The number of anilines is 1. The highest BCUT2D eigenvalue weighted by Crippen LogP contribution is 2.27. The smallest absolute Gasteiger partial charge is 0.407 e. The van der Waals surface area contributed by atoms with Gasteiger partial charge in [0, 0.05) is 24.7 Å². The van der Waals surface area contributed by atoms with Gasteiger partial charge in [-0.25, -0.2) is 4.79 Å². The number of aryl methyl sites for hydroxylation is 1. The van der Waals surface area contributed by atoms with Crippen LogP contribution in [0.1, 0.15) is 49.5 Å². The van der Waals surface area contributed by atoms with Gasteiger partial charge in [0.1, 0.15) is 5.60 Å². The molecule has 1 atom stereocenters. The Bertz CT molecular complexity index is 578. The first kappa shape index (κ1) is 17.3. The molecule has 23 heavy (non-hydrogen) atoms. The van der Waals surface area contributed by atoms with Gasteiger partial charge in [-0.1, -0.05) is 12.1 Å². The van der Waals surface area contributed by atoms with Crippen molar-refractivity contribution in [3.8, 4) is 0 Å². The third kappa shape index (κ3) is 4.71. The number of para-hydroxylation sites is 1. The fourth-order valence-corrected chi connectivity index (χ4v) is 2.98. The quantitative estimate of drug-likeness (QED) is 0.869. The van der Waals surface area contributed by atoms with E-state index in [1.54, 1.807) is 0 Å². The number of amides is 1. The number of hydrogen-bond acceptors (Lipinski definition) is 4. The Morgan fingerprint density at radius 3 is 2.78 bits per heavy atom. The van der Waals surface area contributed by atoms with Crippen molar-refractivity contribution in [3.63, 3.8) is 0 Å². The van der Waals surface area contributed by atoms with Crippen molar-refractivity contribution in [2.24, 2.45) is 0 Å². The molecule has 0 bridgehead atoms. The molecule has 5 nitrogen and oxygen atoms in total. The van der Waals surface area contributed by atoms with Crippen LogP contribution in [-0.2, 0) is 4.74 Å². The molecule has 5 heteroatoms. The van der Waals surface area contributed by atoms with E-state index in [2.05, 4.69) is 10.2 Å². The van der Waals surface area contributed by atoms with Crippen LogP contribution in [0.25, 0.3) is 0 Å². The lowest BCUT2D eigenvalue weighted by Gasteiger charge is -2.36. The lowest BCUT2D eigenvalue weighted by molar-refractivity contribution is 0.0500. The number of piperidine rings is 1. The Kier molecular flexibility index (Phi) is 5.29. The number of carbonyl (C=O) groups is 2. The van der Waals surface area contributed by atoms with E-state index in [1.165, 1.54) is 0 Å². The summed E-state index contributed by atoms with van der Waals surface area (Å²) < 4.78 is 5.33. The van der Waals surface area contributed by atoms with Gasteiger partial charge in [0.05, 0.1) is 5.69 Å². The maximum absolute atomic E-state index is 12.0. The van der Waals surface area contributed by atoms with Crippen LogP contribution in [0.5, 0.6) is 0 Å². The lowest BCUT2D eigenvalue weighted by Crippen LogP contribution is -2.49. The highest BCUT2D eigenvalue weighted by molar-refractivity contribution is 5.86. The van der Waals surface area contributed by atoms with Crippen LogP contribution < -0.4 is 10.2 Å². The van der Waals surface area contributed by atoms with Gasteiger partial charge in [-0.05, 0) is 52.2 Å². The second kappa shape index (κ2) is 7.02. The SMILES string of the molecule is Cc1cccc(C=O)c1N1CCC[C@@H](NC(=O)OC(C)(C)C)C1. The van der Waals surface area contributed by atoms with E-state index in [0.29, 0.717) is 12.1 Å². The maximum Gasteiger partial charge on any atom is 0.407 e. The number of alkyl carbamates (subject to hydrolysis) is 1. The minimum absolute atomic E-state index is 0.0257. The second-order valence-electron chi connectivity index (χ2n) is 7.06. The van der Waals surface area contributed by atoms with Gasteiger partial charge in [0.15, 0.2) is 6.29 Å². The highest BCUT2D eigenvalue weighted by Gasteiger charge is 2.25. The minimum atomic E-state index is -0.501. The topological polar surface area (TPSA) is 58.6 Å². The summed E-state index contributed by atoms with van der Waals surface area (Å²) in [5, 5.41) is 2.94. The van der Waals surface area contributed by atoms with E-state index in [4.69, 9.17) is 4.74 Å². The molecule has 1 saturated heterocycles. The van der Waals surface area contributed by atoms with Gasteiger partial charge in [0.2, 0.25) is 0 Å². The van der Waals surface area contributed by atoms with Crippen molar-refractivity contribution in [3.05, 3.63) is 29.3 Å². The Hall–Kier alpha value is -2.04. The van der Waals surface area contributed by atoms with E-state index in [-0.39, 0.29) is 12.1 Å². The van der Waals surface area contributed by atoms with Crippen LogP contribution in [0.15, 0.2) is 18.2 Å². The molecule has 0 unspecified atom stereocenters. The van der Waals surface area contributed by atoms with Crippen molar-refractivity contribution >= 4 is 18.1 Å². The molecule has 1 fully saturated rings. The average Bonchev–Trinajstić information content (AvgIpc) is 2.45. The summed E-state index contributed by atoms with van der Waals surface area (Å²) in [6.45, 7) is 9.13. The summed E-state index contributed by atoms with van der Waals surface area (Å²) >= 11 is 0. The van der Waals surface area contributed by atoms with E-state index in [9.17, 15) is 9.59 Å². The first-order valence-electron chi connectivity index (χ1n) is 8.09. The molecule has 0 radical (unpaired) electrons. The van der Waals surface area contributed by atoms with E-state index in [0.717, 1.165) is 36.9 Å². The molecule has 0 aromatic heterocycles. The number of hydrogen-bond donors (Lipinski definition) is 1. The van der Waals surface area contributed by atoms with Crippen LogP contribution >= 0.6 is 0 Å². The molecule has 1 aromatic rings. The molecule has 1 heterocycles. The van der Waals surface area contributed by atoms with Crippen LogP contribution in [0.3, 0.4) is 0 Å². The Morgan fingerprint density at radius 2 is 2.13 bits per heavy atom. The molecule has 2 rings (SSSR count). The van der Waals surface area contributed by atoms with Gasteiger partial charge in [-0.3, -0.25) is 4.79 Å². The molecule has 1 aliphatic rings. The fraction of sp³-hybridized carbons (Fsp3) is 0.556. The van der Waals surface area contributed by atoms with Crippen LogP contribution in [-0.4, -0.2) is 37.1 Å². The van der Waals surface area contributed by atoms with Crippen molar-refractivity contribution in [2.45, 2.75) is 52.2 Å². The Labute approximate surface area is 138 Å². The van der Waals surface area contributed by atoms with Gasteiger partial charge in [-0.2, -0.15) is 0 Å². The van der Waals surface area contributed by atoms with Gasteiger partial charge < -0.3 is 15.0 Å². The van der Waals surface area contributed by atoms with E-state index >= 15 is 0 Å². The molecular weight excluding hydrogens is 292 g/mol. The maximum atomic E-state index is 12.0. The first-order chi connectivity index (χ1) is 10.8. The number of carbonyl (C=O) groups excluding carboxylic acids is 2. The zero-order valence-electron chi connectivity index (χ0n) is 14.4. The average molecular weight is 318 g/mol. The third-order valence-corrected chi connectivity index (χ3v) is 3.85. The molecule has 1 amide bonds. The highest BCUT2D eigenvalue weighted by atomic mass is 16.6. The predicted molar refractivity (Wildman–Crippen MR) is 91.2 cm³/mol. The number of ether oxygens (including phenoxy) is 1. The number of rotatable bonds is 3. The number of benzene rings is 1. The predicted octanol–water partition coefficient (Wildman–Crippen LogP) is 3.30. The Balaban J connectivity index is 2.07. The van der Waals surface area contributed by atoms with Crippen molar-refractivity contribution in [2.75, 3.05) is 18.0 Å². The Morgan fingerprint density at radius 1 is 1.39 bits per heavy atom. The number of nitrogens with one attached hydrogen (secondary N) is 1. The molecule has 0 saturated carbocycles. The summed E-state index contributed by atoms with van der Waals surface area (Å²) in [5.41, 5.74) is 2.24. The summed E-state index contributed by atoms with van der Waals surface area (Å²) in [6, 6.07) is 5.76. The molecule has 1 aromatic carbocycles. The second-order valence-corrected chi connectivity index (χ2v) is 7.06. The third-order valence-electron chi connectivity index (χ3n) is 3.85. The number of aldehydes is 1. The lowest BCUT2D eigenvalue weighted by atomic mass is 10.0. The zero-order chi connectivity index (χ0) is 17.0. The van der Waals surface area contributed by atoms with Gasteiger partial charge in [-0.15, -0.1) is 0 Å². The van der Waals surface area contributed by atoms with E-state index < -0.39 is 5.60 Å². The normalized spacial score (nSPS) is 18.4. The molecule has 1 N–H and O–H groups in total. The van der Waals surface area contributed by atoms with Crippen molar-refractivity contribution < 1.29 is 14.3 Å². The minimum Gasteiger partial charge on any atom is -0.444 e.